The summed E-state index contributed by atoms with van der Waals surface area (Å²) in [6.45, 7) is 18.0. The smallest absolute Gasteiger partial charge is 0.306 e. The SMILES string of the molecule is C/C1=C/C[C@@H](/C(C)=C/c2csc(C)n2)OC(=O)C[C@H](C)C(C)(C)C(=O)[C@H](C)[C@@H](C)[C@@H](C)CCC1O. The molecule has 2 heterocycles. The van der Waals surface area contributed by atoms with Crippen LogP contribution in [-0.4, -0.2) is 34.1 Å². The van der Waals surface area contributed by atoms with E-state index in [0.29, 0.717) is 18.8 Å². The van der Waals surface area contributed by atoms with Crippen molar-refractivity contribution < 1.29 is 19.4 Å². The molecule has 2 rings (SSSR count). The maximum atomic E-state index is 13.5. The number of Topliss-reactive ketones (excluding diaryl/α,β-unsaturated/α-hetero) is 1. The van der Waals surface area contributed by atoms with E-state index in [-0.39, 0.29) is 35.9 Å². The zero-order chi connectivity index (χ0) is 26.5. The first-order valence-electron chi connectivity index (χ1n) is 12.9. The van der Waals surface area contributed by atoms with Crippen LogP contribution >= 0.6 is 11.3 Å². The standard InChI is InChI=1S/C29H45NO4S/c1-17-10-12-25(31)18(2)11-13-26(19(3)14-24-16-35-23(7)30-24)34-27(32)15-20(4)29(8,9)28(33)22(6)21(17)5/h11,14,16-17,20-22,25-26,31H,10,12-13,15H2,1-9H3/b18-11-,19-14+/t17-,20-,21-,22+,25?,26-/m0/s1. The van der Waals surface area contributed by atoms with Crippen LogP contribution in [0.25, 0.3) is 6.08 Å². The molecule has 196 valence electrons. The van der Waals surface area contributed by atoms with Crippen LogP contribution in [0.2, 0.25) is 0 Å². The van der Waals surface area contributed by atoms with Crippen molar-refractivity contribution in [2.75, 3.05) is 0 Å². The number of aliphatic hydroxyl groups is 1. The van der Waals surface area contributed by atoms with E-state index < -0.39 is 17.6 Å². The van der Waals surface area contributed by atoms with Gasteiger partial charge in [0.05, 0.1) is 16.8 Å². The Morgan fingerprint density at radius 1 is 1.17 bits per heavy atom. The third-order valence-electron chi connectivity index (χ3n) is 8.31. The largest absolute Gasteiger partial charge is 0.457 e. The Balaban J connectivity index is 2.38. The van der Waals surface area contributed by atoms with Crippen molar-refractivity contribution in [3.63, 3.8) is 0 Å². The molecule has 0 radical (unpaired) electrons. The van der Waals surface area contributed by atoms with Crippen molar-refractivity contribution in [1.82, 2.24) is 4.98 Å². The minimum absolute atomic E-state index is 0.125. The van der Waals surface area contributed by atoms with Crippen molar-refractivity contribution in [2.45, 2.75) is 100 Å². The minimum Gasteiger partial charge on any atom is -0.457 e. The Labute approximate surface area is 216 Å². The molecular weight excluding hydrogens is 458 g/mol. The Morgan fingerprint density at radius 3 is 2.43 bits per heavy atom. The molecule has 6 heteroatoms. The van der Waals surface area contributed by atoms with Crippen molar-refractivity contribution >= 4 is 29.2 Å². The van der Waals surface area contributed by atoms with Crippen molar-refractivity contribution in [2.24, 2.45) is 29.1 Å². The van der Waals surface area contributed by atoms with Gasteiger partial charge in [0.2, 0.25) is 0 Å². The second-order valence-corrected chi connectivity index (χ2v) is 12.3. The normalized spacial score (nSPS) is 33.7. The Hall–Kier alpha value is -1.79. The lowest BCUT2D eigenvalue weighted by molar-refractivity contribution is -0.150. The molecule has 0 saturated carbocycles. The number of aromatic nitrogens is 1. The molecule has 1 aliphatic rings. The maximum Gasteiger partial charge on any atom is 0.306 e. The monoisotopic (exact) mass is 503 g/mol. The van der Waals surface area contributed by atoms with Crippen LogP contribution in [0, 0.1) is 36.0 Å². The van der Waals surface area contributed by atoms with Gasteiger partial charge in [0.1, 0.15) is 11.9 Å². The summed E-state index contributed by atoms with van der Waals surface area (Å²) >= 11 is 1.58. The lowest BCUT2D eigenvalue weighted by atomic mass is 9.67. The number of aliphatic hydroxyl groups excluding tert-OH is 1. The summed E-state index contributed by atoms with van der Waals surface area (Å²) in [5, 5.41) is 13.7. The second-order valence-electron chi connectivity index (χ2n) is 11.3. The molecule has 1 N–H and O–H groups in total. The molecule has 0 amide bonds. The van der Waals surface area contributed by atoms with E-state index in [1.165, 1.54) is 0 Å². The van der Waals surface area contributed by atoms with Gasteiger partial charge in [0.25, 0.3) is 0 Å². The molecule has 0 spiro atoms. The summed E-state index contributed by atoms with van der Waals surface area (Å²) in [5.74, 6) is 0.104. The van der Waals surface area contributed by atoms with Gasteiger partial charge in [0, 0.05) is 29.6 Å². The fourth-order valence-corrected chi connectivity index (χ4v) is 5.28. The number of aryl methyl sites for hydroxylation is 1. The highest BCUT2D eigenvalue weighted by Gasteiger charge is 2.40. The molecule has 35 heavy (non-hydrogen) atoms. The van der Waals surface area contributed by atoms with Crippen LogP contribution in [0.1, 0.15) is 91.8 Å². The average Bonchev–Trinajstić information content (AvgIpc) is 3.21. The zero-order valence-corrected chi connectivity index (χ0v) is 23.9. The van der Waals surface area contributed by atoms with Crippen LogP contribution in [0.3, 0.4) is 0 Å². The summed E-state index contributed by atoms with van der Waals surface area (Å²) < 4.78 is 5.97. The van der Waals surface area contributed by atoms with Crippen LogP contribution in [0.15, 0.2) is 22.6 Å². The minimum atomic E-state index is -0.641. The van der Waals surface area contributed by atoms with E-state index in [0.717, 1.165) is 28.3 Å². The molecule has 1 unspecified atom stereocenters. The number of cyclic esters (lactones) is 1. The number of esters is 1. The van der Waals surface area contributed by atoms with Gasteiger partial charge >= 0.3 is 5.97 Å². The van der Waals surface area contributed by atoms with Gasteiger partial charge in [-0.2, -0.15) is 0 Å². The number of hydrogen-bond donors (Lipinski definition) is 1. The summed E-state index contributed by atoms with van der Waals surface area (Å²) in [4.78, 5) is 31.1. The first-order chi connectivity index (χ1) is 16.2. The lowest BCUT2D eigenvalue weighted by Gasteiger charge is -2.36. The van der Waals surface area contributed by atoms with Crippen LogP contribution in [0.4, 0.5) is 0 Å². The predicted octanol–water partition coefficient (Wildman–Crippen LogP) is 6.79. The van der Waals surface area contributed by atoms with Crippen molar-refractivity contribution in [3.8, 4) is 0 Å². The maximum absolute atomic E-state index is 13.5. The van der Waals surface area contributed by atoms with Gasteiger partial charge in [-0.25, -0.2) is 4.98 Å². The molecule has 0 aromatic carbocycles. The molecule has 0 aliphatic carbocycles. The number of carbonyl (C=O) groups is 2. The molecule has 5 nitrogen and oxygen atoms in total. The average molecular weight is 504 g/mol. The van der Waals surface area contributed by atoms with Crippen molar-refractivity contribution in [1.29, 1.82) is 0 Å². The predicted molar refractivity (Wildman–Crippen MR) is 144 cm³/mol. The van der Waals surface area contributed by atoms with Gasteiger partial charge in [0.15, 0.2) is 0 Å². The molecule has 1 aromatic rings. The topological polar surface area (TPSA) is 76.5 Å². The number of ether oxygens (including phenoxy) is 1. The number of carbonyl (C=O) groups excluding carboxylic acids is 2. The quantitative estimate of drug-likeness (QED) is 0.355. The van der Waals surface area contributed by atoms with E-state index in [1.54, 1.807) is 11.3 Å². The van der Waals surface area contributed by atoms with E-state index in [1.807, 2.05) is 66.0 Å². The van der Waals surface area contributed by atoms with Gasteiger partial charge in [-0.3, -0.25) is 9.59 Å². The number of hydrogen-bond acceptors (Lipinski definition) is 6. The van der Waals surface area contributed by atoms with Gasteiger partial charge in [-0.1, -0.05) is 47.6 Å². The van der Waals surface area contributed by atoms with Crippen LogP contribution in [0.5, 0.6) is 0 Å². The fourth-order valence-electron chi connectivity index (χ4n) is 4.71. The van der Waals surface area contributed by atoms with Crippen molar-refractivity contribution in [3.05, 3.63) is 33.3 Å². The van der Waals surface area contributed by atoms with E-state index in [4.69, 9.17) is 4.74 Å². The molecular formula is C29H45NO4S. The van der Waals surface area contributed by atoms with E-state index in [2.05, 4.69) is 18.8 Å². The molecule has 0 fully saturated rings. The number of ketones is 1. The summed E-state index contributed by atoms with van der Waals surface area (Å²) in [5.41, 5.74) is 2.00. The first-order valence-corrected chi connectivity index (χ1v) is 13.8. The number of rotatable bonds is 2. The third-order valence-corrected chi connectivity index (χ3v) is 9.10. The number of thiazole rings is 1. The van der Waals surface area contributed by atoms with Gasteiger partial charge in [-0.05, 0) is 68.6 Å². The Morgan fingerprint density at radius 2 is 1.83 bits per heavy atom. The summed E-state index contributed by atoms with van der Waals surface area (Å²) in [7, 11) is 0. The lowest BCUT2D eigenvalue weighted by Crippen LogP contribution is -2.40. The van der Waals surface area contributed by atoms with E-state index in [9.17, 15) is 14.7 Å². The highest BCUT2D eigenvalue weighted by Crippen LogP contribution is 2.38. The first kappa shape index (κ1) is 29.4. The molecule has 6 atom stereocenters. The molecule has 1 aliphatic heterocycles. The molecule has 1 aromatic heterocycles. The van der Waals surface area contributed by atoms with Crippen LogP contribution in [-0.2, 0) is 14.3 Å². The van der Waals surface area contributed by atoms with Crippen LogP contribution < -0.4 is 0 Å². The van der Waals surface area contributed by atoms with E-state index >= 15 is 0 Å². The zero-order valence-electron chi connectivity index (χ0n) is 23.1. The highest BCUT2D eigenvalue weighted by molar-refractivity contribution is 7.09. The second kappa shape index (κ2) is 12.4. The van der Waals surface area contributed by atoms with Gasteiger partial charge in [-0.15, -0.1) is 11.3 Å². The highest BCUT2D eigenvalue weighted by atomic mass is 32.1. The summed E-state index contributed by atoms with van der Waals surface area (Å²) in [6.07, 6.45) is 5.10. The number of nitrogens with zero attached hydrogens (tertiary/aromatic N) is 1. The van der Waals surface area contributed by atoms with Gasteiger partial charge < -0.3 is 9.84 Å². The molecule has 0 bridgehead atoms. The Bertz CT molecular complexity index is 944. The summed E-state index contributed by atoms with van der Waals surface area (Å²) in [6, 6.07) is 0. The molecule has 0 saturated heterocycles. The fraction of sp³-hybridized carbons (Fsp3) is 0.690. The Kier molecular flexibility index (Phi) is 10.5. The third kappa shape index (κ3) is 7.85.